The van der Waals surface area contributed by atoms with Gasteiger partial charge in [0.15, 0.2) is 0 Å². The molecule has 0 aliphatic carbocycles. The predicted octanol–water partition coefficient (Wildman–Crippen LogP) is -0.291. The van der Waals surface area contributed by atoms with Crippen LogP contribution in [0.4, 0.5) is 0 Å². The molecule has 0 aromatic rings. The molecule has 1 fully saturated rings. The van der Waals surface area contributed by atoms with Gasteiger partial charge in [0.1, 0.15) is 0 Å². The van der Waals surface area contributed by atoms with Gasteiger partial charge >= 0.3 is 0 Å². The number of rotatable bonds is 2. The summed E-state index contributed by atoms with van der Waals surface area (Å²) in [6.45, 7) is 1.82. The fourth-order valence-electron chi connectivity index (χ4n) is 1.81. The molecule has 1 aliphatic heterocycles. The lowest BCUT2D eigenvalue weighted by molar-refractivity contribution is -0.123. The quantitative estimate of drug-likeness (QED) is 0.622. The molecule has 1 aliphatic rings. The van der Waals surface area contributed by atoms with E-state index in [-0.39, 0.29) is 6.42 Å². The third-order valence-electron chi connectivity index (χ3n) is 2.64. The van der Waals surface area contributed by atoms with Crippen molar-refractivity contribution in [3.05, 3.63) is 0 Å². The van der Waals surface area contributed by atoms with E-state index in [1.54, 1.807) is 0 Å². The molecule has 1 rings (SSSR count). The Morgan fingerprint density at radius 2 is 2.23 bits per heavy atom. The molecule has 4 nitrogen and oxygen atoms in total. The molecule has 3 N–H and O–H groups in total. The Labute approximate surface area is 78.7 Å². The van der Waals surface area contributed by atoms with E-state index in [1.165, 1.54) is 0 Å². The smallest absolute Gasteiger partial charge is 0.220 e. The van der Waals surface area contributed by atoms with Crippen LogP contribution in [0.3, 0.4) is 0 Å². The average Bonchev–Trinajstić information content (AvgIpc) is 2.12. The maximum Gasteiger partial charge on any atom is 0.220 e. The Hall–Kier alpha value is -0.610. The Morgan fingerprint density at radius 3 is 2.85 bits per heavy atom. The molecule has 1 unspecified atom stereocenters. The van der Waals surface area contributed by atoms with E-state index in [9.17, 15) is 9.90 Å². The molecule has 0 aromatic heterocycles. The summed E-state index contributed by atoms with van der Waals surface area (Å²) in [6, 6.07) is 0. The van der Waals surface area contributed by atoms with Crippen LogP contribution in [0.2, 0.25) is 0 Å². The van der Waals surface area contributed by atoms with Crippen molar-refractivity contribution in [2.45, 2.75) is 31.3 Å². The minimum atomic E-state index is -0.851. The van der Waals surface area contributed by atoms with Crippen molar-refractivity contribution in [1.82, 2.24) is 4.90 Å². The SMILES string of the molecule is CN1CCCC(O)(CC(N)=O)CC1. The molecule has 0 spiro atoms. The van der Waals surface area contributed by atoms with Crippen LogP contribution in [0.25, 0.3) is 0 Å². The van der Waals surface area contributed by atoms with Gasteiger partial charge in [0.25, 0.3) is 0 Å². The number of aliphatic hydroxyl groups is 1. The average molecular weight is 186 g/mol. The van der Waals surface area contributed by atoms with E-state index in [2.05, 4.69) is 4.90 Å². The van der Waals surface area contributed by atoms with E-state index in [4.69, 9.17) is 5.73 Å². The normalized spacial score (nSPS) is 31.2. The zero-order valence-electron chi connectivity index (χ0n) is 8.12. The summed E-state index contributed by atoms with van der Waals surface area (Å²) in [5, 5.41) is 10.0. The first-order chi connectivity index (χ1) is 6.02. The van der Waals surface area contributed by atoms with Gasteiger partial charge in [-0.3, -0.25) is 4.79 Å². The molecule has 0 saturated carbocycles. The molecule has 76 valence electrons. The number of nitrogens with two attached hydrogens (primary N) is 1. The van der Waals surface area contributed by atoms with E-state index in [1.807, 2.05) is 7.05 Å². The lowest BCUT2D eigenvalue weighted by atomic mass is 9.91. The first-order valence-electron chi connectivity index (χ1n) is 4.71. The fourth-order valence-corrected chi connectivity index (χ4v) is 1.81. The van der Waals surface area contributed by atoms with Gasteiger partial charge in [0, 0.05) is 6.54 Å². The first kappa shape index (κ1) is 10.5. The van der Waals surface area contributed by atoms with Crippen LogP contribution >= 0.6 is 0 Å². The van der Waals surface area contributed by atoms with Crippen molar-refractivity contribution in [1.29, 1.82) is 0 Å². The van der Waals surface area contributed by atoms with Crippen molar-refractivity contribution >= 4 is 5.91 Å². The predicted molar refractivity (Wildman–Crippen MR) is 50.1 cm³/mol. The van der Waals surface area contributed by atoms with Crippen LogP contribution in [0.5, 0.6) is 0 Å². The van der Waals surface area contributed by atoms with E-state index in [0.717, 1.165) is 19.5 Å². The second-order valence-corrected chi connectivity index (χ2v) is 4.02. The van der Waals surface area contributed by atoms with Crippen LogP contribution in [0, 0.1) is 0 Å². The summed E-state index contributed by atoms with van der Waals surface area (Å²) >= 11 is 0. The molecular weight excluding hydrogens is 168 g/mol. The highest BCUT2D eigenvalue weighted by molar-refractivity contribution is 5.74. The Morgan fingerprint density at radius 1 is 1.54 bits per heavy atom. The Bertz CT molecular complexity index is 196. The second kappa shape index (κ2) is 4.07. The largest absolute Gasteiger partial charge is 0.389 e. The molecule has 0 radical (unpaired) electrons. The molecule has 1 saturated heterocycles. The molecular formula is C9H18N2O2. The van der Waals surface area contributed by atoms with E-state index < -0.39 is 11.5 Å². The standard InChI is InChI=1S/C9H18N2O2/c1-11-5-2-3-9(13,4-6-11)7-8(10)12/h13H,2-7H2,1H3,(H2,10,12). The third-order valence-corrected chi connectivity index (χ3v) is 2.64. The Kier molecular flexibility index (Phi) is 3.27. The van der Waals surface area contributed by atoms with Gasteiger partial charge in [0.2, 0.25) is 5.91 Å². The van der Waals surface area contributed by atoms with Gasteiger partial charge in [-0.2, -0.15) is 0 Å². The van der Waals surface area contributed by atoms with Crippen molar-refractivity contribution in [3.63, 3.8) is 0 Å². The highest BCUT2D eigenvalue weighted by Gasteiger charge is 2.30. The summed E-state index contributed by atoms with van der Waals surface area (Å²) in [4.78, 5) is 12.9. The summed E-state index contributed by atoms with van der Waals surface area (Å²) in [5.41, 5.74) is 4.23. The van der Waals surface area contributed by atoms with Crippen LogP contribution in [0.1, 0.15) is 25.7 Å². The molecule has 1 atom stereocenters. The summed E-state index contributed by atoms with van der Waals surface area (Å²) in [6.07, 6.45) is 2.35. The zero-order valence-corrected chi connectivity index (χ0v) is 8.12. The number of amides is 1. The number of carbonyl (C=O) groups is 1. The van der Waals surface area contributed by atoms with Crippen molar-refractivity contribution in [2.75, 3.05) is 20.1 Å². The molecule has 13 heavy (non-hydrogen) atoms. The highest BCUT2D eigenvalue weighted by Crippen LogP contribution is 2.24. The van der Waals surface area contributed by atoms with Gasteiger partial charge in [-0.05, 0) is 32.9 Å². The highest BCUT2D eigenvalue weighted by atomic mass is 16.3. The van der Waals surface area contributed by atoms with Crippen molar-refractivity contribution in [3.8, 4) is 0 Å². The Balaban J connectivity index is 2.52. The van der Waals surface area contributed by atoms with Gasteiger partial charge < -0.3 is 15.7 Å². The zero-order chi connectivity index (χ0) is 9.90. The minimum Gasteiger partial charge on any atom is -0.389 e. The van der Waals surface area contributed by atoms with Crippen molar-refractivity contribution in [2.24, 2.45) is 5.73 Å². The lowest BCUT2D eigenvalue weighted by Gasteiger charge is -2.24. The second-order valence-electron chi connectivity index (χ2n) is 4.02. The van der Waals surface area contributed by atoms with E-state index >= 15 is 0 Å². The van der Waals surface area contributed by atoms with Gasteiger partial charge in [-0.1, -0.05) is 0 Å². The topological polar surface area (TPSA) is 66.6 Å². The van der Waals surface area contributed by atoms with Crippen LogP contribution in [-0.4, -0.2) is 41.7 Å². The maximum atomic E-state index is 10.7. The van der Waals surface area contributed by atoms with Crippen molar-refractivity contribution < 1.29 is 9.90 Å². The van der Waals surface area contributed by atoms with E-state index in [0.29, 0.717) is 12.8 Å². The van der Waals surface area contributed by atoms with Crippen LogP contribution in [0.15, 0.2) is 0 Å². The van der Waals surface area contributed by atoms with Crippen LogP contribution < -0.4 is 5.73 Å². The van der Waals surface area contributed by atoms with Crippen LogP contribution in [-0.2, 0) is 4.79 Å². The molecule has 1 amide bonds. The molecule has 4 heteroatoms. The summed E-state index contributed by atoms with van der Waals surface area (Å²) in [7, 11) is 2.02. The minimum absolute atomic E-state index is 0.0981. The summed E-state index contributed by atoms with van der Waals surface area (Å²) < 4.78 is 0. The first-order valence-corrected chi connectivity index (χ1v) is 4.71. The number of hydrogen-bond donors (Lipinski definition) is 2. The third kappa shape index (κ3) is 3.32. The maximum absolute atomic E-state index is 10.7. The lowest BCUT2D eigenvalue weighted by Crippen LogP contribution is -2.35. The number of hydrogen-bond acceptors (Lipinski definition) is 3. The number of primary amides is 1. The van der Waals surface area contributed by atoms with Gasteiger partial charge in [-0.15, -0.1) is 0 Å². The molecule has 0 bridgehead atoms. The fraction of sp³-hybridized carbons (Fsp3) is 0.889. The number of likely N-dealkylation sites (tertiary alicyclic amines) is 1. The monoisotopic (exact) mass is 186 g/mol. The molecule has 0 aromatic carbocycles. The van der Waals surface area contributed by atoms with Gasteiger partial charge in [0.05, 0.1) is 12.0 Å². The summed E-state index contributed by atoms with van der Waals surface area (Å²) in [5.74, 6) is -0.410. The number of carbonyl (C=O) groups excluding carboxylic acids is 1. The number of nitrogens with zero attached hydrogens (tertiary/aromatic N) is 1. The van der Waals surface area contributed by atoms with Gasteiger partial charge in [-0.25, -0.2) is 0 Å². The molecule has 1 heterocycles.